The molecular weight excluding hydrogens is 314 g/mol. The molecule has 1 aromatic rings. The first-order chi connectivity index (χ1) is 10.4. The summed E-state index contributed by atoms with van der Waals surface area (Å²) in [6, 6.07) is 3.00. The monoisotopic (exact) mass is 334 g/mol. The van der Waals surface area contributed by atoms with Gasteiger partial charge < -0.3 is 5.11 Å². The highest BCUT2D eigenvalue weighted by Crippen LogP contribution is 2.23. The predicted octanol–water partition coefficient (Wildman–Crippen LogP) is 1.04. The Balaban J connectivity index is 2.10. The first kappa shape index (κ1) is 17.3. The second-order valence-electron chi connectivity index (χ2n) is 5.32. The number of sulfonamides is 1. The molecule has 0 bridgehead atoms. The van der Waals surface area contributed by atoms with Gasteiger partial charge in [0.25, 0.3) is 0 Å². The van der Waals surface area contributed by atoms with Crippen molar-refractivity contribution in [1.29, 1.82) is 0 Å². The van der Waals surface area contributed by atoms with Gasteiger partial charge in [0.1, 0.15) is 11.6 Å². The molecule has 1 aliphatic rings. The van der Waals surface area contributed by atoms with Crippen LogP contribution in [0.1, 0.15) is 13.3 Å². The lowest BCUT2D eigenvalue weighted by Gasteiger charge is -2.34. The van der Waals surface area contributed by atoms with Crippen molar-refractivity contribution in [2.24, 2.45) is 0 Å². The number of rotatable bonds is 5. The summed E-state index contributed by atoms with van der Waals surface area (Å²) in [4.78, 5) is 1.05. The van der Waals surface area contributed by atoms with Crippen LogP contribution in [0.15, 0.2) is 23.1 Å². The summed E-state index contributed by atoms with van der Waals surface area (Å²) in [7, 11) is -4.19. The van der Waals surface area contributed by atoms with Gasteiger partial charge in [0, 0.05) is 32.7 Å². The standard InChI is InChI=1S/C14H20F2N2O3S/c1-2-11(19)10-17-6-8-18(9-7-17)22(20,21)14-12(15)4-3-5-13(14)16/h3-5,11,19H,2,6-10H2,1H3. The maximum atomic E-state index is 13.7. The minimum absolute atomic E-state index is 0.145. The summed E-state index contributed by atoms with van der Waals surface area (Å²) >= 11 is 0. The van der Waals surface area contributed by atoms with Crippen LogP contribution < -0.4 is 0 Å². The molecule has 2 rings (SSSR count). The topological polar surface area (TPSA) is 60.9 Å². The molecule has 0 aromatic heterocycles. The van der Waals surface area contributed by atoms with E-state index in [4.69, 9.17) is 0 Å². The van der Waals surface area contributed by atoms with Crippen LogP contribution in [0.4, 0.5) is 8.78 Å². The zero-order chi connectivity index (χ0) is 16.3. The molecule has 0 radical (unpaired) electrons. The zero-order valence-corrected chi connectivity index (χ0v) is 13.2. The molecule has 0 aliphatic carbocycles. The van der Waals surface area contributed by atoms with E-state index in [0.717, 1.165) is 22.5 Å². The lowest BCUT2D eigenvalue weighted by Crippen LogP contribution is -2.50. The van der Waals surface area contributed by atoms with Gasteiger partial charge in [0.2, 0.25) is 10.0 Å². The fourth-order valence-electron chi connectivity index (χ4n) is 2.44. The molecule has 1 atom stereocenters. The Hall–Kier alpha value is -1.09. The van der Waals surface area contributed by atoms with Crippen molar-refractivity contribution in [3.05, 3.63) is 29.8 Å². The van der Waals surface area contributed by atoms with E-state index in [1.54, 1.807) is 0 Å². The lowest BCUT2D eigenvalue weighted by molar-refractivity contribution is 0.0895. The quantitative estimate of drug-likeness (QED) is 0.874. The fourth-order valence-corrected chi connectivity index (χ4v) is 3.97. The molecule has 1 unspecified atom stereocenters. The van der Waals surface area contributed by atoms with Crippen molar-refractivity contribution >= 4 is 10.0 Å². The van der Waals surface area contributed by atoms with E-state index in [2.05, 4.69) is 0 Å². The number of halogens is 2. The molecule has 0 amide bonds. The third kappa shape index (κ3) is 3.62. The summed E-state index contributed by atoms with van der Waals surface area (Å²) < 4.78 is 53.3. The van der Waals surface area contributed by atoms with Gasteiger partial charge in [-0.2, -0.15) is 4.31 Å². The molecule has 1 heterocycles. The Morgan fingerprint density at radius 2 is 1.73 bits per heavy atom. The third-order valence-corrected chi connectivity index (χ3v) is 5.74. The minimum atomic E-state index is -4.19. The van der Waals surface area contributed by atoms with E-state index >= 15 is 0 Å². The molecule has 1 aliphatic heterocycles. The first-order valence-corrected chi connectivity index (χ1v) is 8.65. The zero-order valence-electron chi connectivity index (χ0n) is 12.4. The van der Waals surface area contributed by atoms with Crippen LogP contribution in [0, 0.1) is 11.6 Å². The third-order valence-electron chi connectivity index (χ3n) is 3.79. The minimum Gasteiger partial charge on any atom is -0.392 e. The van der Waals surface area contributed by atoms with Crippen LogP contribution in [0.2, 0.25) is 0 Å². The molecule has 22 heavy (non-hydrogen) atoms. The maximum absolute atomic E-state index is 13.7. The Kier molecular flexibility index (Phi) is 5.49. The van der Waals surface area contributed by atoms with Crippen molar-refractivity contribution in [2.75, 3.05) is 32.7 Å². The summed E-state index contributed by atoms with van der Waals surface area (Å²) in [6.07, 6.45) is 0.172. The number of aliphatic hydroxyl groups excluding tert-OH is 1. The van der Waals surface area contributed by atoms with E-state index in [1.807, 2.05) is 11.8 Å². The Morgan fingerprint density at radius 1 is 1.18 bits per heavy atom. The van der Waals surface area contributed by atoms with Crippen molar-refractivity contribution < 1.29 is 22.3 Å². The normalized spacial score (nSPS) is 19.3. The molecule has 5 nitrogen and oxygen atoms in total. The van der Waals surface area contributed by atoms with E-state index in [-0.39, 0.29) is 13.1 Å². The van der Waals surface area contributed by atoms with Crippen LogP contribution in [-0.2, 0) is 10.0 Å². The summed E-state index contributed by atoms with van der Waals surface area (Å²) in [5.41, 5.74) is 0. The highest BCUT2D eigenvalue weighted by atomic mass is 32.2. The SMILES string of the molecule is CCC(O)CN1CCN(S(=O)(=O)c2c(F)cccc2F)CC1. The van der Waals surface area contributed by atoms with Crippen molar-refractivity contribution in [2.45, 2.75) is 24.3 Å². The van der Waals surface area contributed by atoms with Gasteiger partial charge in [-0.3, -0.25) is 4.90 Å². The first-order valence-electron chi connectivity index (χ1n) is 7.20. The van der Waals surface area contributed by atoms with Gasteiger partial charge in [-0.1, -0.05) is 13.0 Å². The van der Waals surface area contributed by atoms with Crippen LogP contribution in [0.25, 0.3) is 0 Å². The molecule has 1 N–H and O–H groups in total. The highest BCUT2D eigenvalue weighted by molar-refractivity contribution is 7.89. The number of aliphatic hydroxyl groups is 1. The second-order valence-corrected chi connectivity index (χ2v) is 7.19. The van der Waals surface area contributed by atoms with Gasteiger partial charge in [-0.05, 0) is 18.6 Å². The molecule has 0 saturated carbocycles. The molecular formula is C14H20F2N2O3S. The molecule has 1 saturated heterocycles. The van der Waals surface area contributed by atoms with Gasteiger partial charge in [-0.25, -0.2) is 17.2 Å². The summed E-state index contributed by atoms with van der Waals surface area (Å²) in [5, 5.41) is 9.61. The second kappa shape index (κ2) is 6.99. The average Bonchev–Trinajstić information content (AvgIpc) is 2.47. The maximum Gasteiger partial charge on any atom is 0.249 e. The number of nitrogens with zero attached hydrogens (tertiary/aromatic N) is 2. The van der Waals surface area contributed by atoms with E-state index in [0.29, 0.717) is 26.1 Å². The van der Waals surface area contributed by atoms with Crippen LogP contribution in [0.3, 0.4) is 0 Å². The van der Waals surface area contributed by atoms with Crippen LogP contribution in [0.5, 0.6) is 0 Å². The summed E-state index contributed by atoms with van der Waals surface area (Å²) in [6.45, 7) is 3.47. The smallest absolute Gasteiger partial charge is 0.249 e. The number of piperazine rings is 1. The molecule has 124 valence electrons. The Bertz CT molecular complexity index is 596. The highest BCUT2D eigenvalue weighted by Gasteiger charge is 2.33. The van der Waals surface area contributed by atoms with Crippen molar-refractivity contribution in [3.63, 3.8) is 0 Å². The largest absolute Gasteiger partial charge is 0.392 e. The summed E-state index contributed by atoms with van der Waals surface area (Å²) in [5.74, 6) is -2.16. The van der Waals surface area contributed by atoms with E-state index < -0.39 is 32.7 Å². The number of hydrogen-bond acceptors (Lipinski definition) is 4. The van der Waals surface area contributed by atoms with E-state index in [1.165, 1.54) is 0 Å². The van der Waals surface area contributed by atoms with Crippen molar-refractivity contribution in [3.8, 4) is 0 Å². The predicted molar refractivity (Wildman–Crippen MR) is 77.9 cm³/mol. The molecule has 8 heteroatoms. The van der Waals surface area contributed by atoms with Gasteiger partial charge >= 0.3 is 0 Å². The fraction of sp³-hybridized carbons (Fsp3) is 0.571. The number of benzene rings is 1. The van der Waals surface area contributed by atoms with E-state index in [9.17, 15) is 22.3 Å². The Labute approximate surface area is 129 Å². The molecule has 1 fully saturated rings. The van der Waals surface area contributed by atoms with Crippen molar-refractivity contribution in [1.82, 2.24) is 9.21 Å². The number of hydrogen-bond donors (Lipinski definition) is 1. The van der Waals surface area contributed by atoms with Gasteiger partial charge in [-0.15, -0.1) is 0 Å². The lowest BCUT2D eigenvalue weighted by atomic mass is 10.2. The Morgan fingerprint density at radius 3 is 2.23 bits per heavy atom. The molecule has 0 spiro atoms. The molecule has 1 aromatic carbocycles. The van der Waals surface area contributed by atoms with Gasteiger partial charge in [0.15, 0.2) is 4.90 Å². The van der Waals surface area contributed by atoms with Gasteiger partial charge in [0.05, 0.1) is 6.10 Å². The average molecular weight is 334 g/mol. The van der Waals surface area contributed by atoms with Crippen LogP contribution in [-0.4, -0.2) is 61.6 Å². The number of β-amino-alcohol motifs (C(OH)–C–C–N with tert-alkyl or cyclic N) is 1. The van der Waals surface area contributed by atoms with Crippen LogP contribution >= 0.6 is 0 Å².